The molecule has 0 radical (unpaired) electrons. The Labute approximate surface area is 183 Å². The quantitative estimate of drug-likeness (QED) is 0.703. The van der Waals surface area contributed by atoms with Crippen LogP contribution < -0.4 is 15.0 Å². The van der Waals surface area contributed by atoms with E-state index in [1.165, 1.54) is 0 Å². The number of nitrogens with one attached hydrogen (secondary N) is 1. The van der Waals surface area contributed by atoms with E-state index in [9.17, 15) is 9.90 Å². The summed E-state index contributed by atoms with van der Waals surface area (Å²) in [4.78, 5) is 22.9. The van der Waals surface area contributed by atoms with Crippen molar-refractivity contribution < 1.29 is 14.6 Å². The molecule has 0 unspecified atom stereocenters. The lowest BCUT2D eigenvalue weighted by molar-refractivity contribution is 0.102. The molecule has 0 bridgehead atoms. The maximum Gasteiger partial charge on any atom is 0.318 e. The number of fused-ring (bicyclic) bond motifs is 1. The number of ether oxygens (including phenoxy) is 1. The van der Waals surface area contributed by atoms with Crippen molar-refractivity contribution in [2.75, 3.05) is 51.3 Å². The van der Waals surface area contributed by atoms with Crippen LogP contribution in [-0.4, -0.2) is 78.4 Å². The summed E-state index contributed by atoms with van der Waals surface area (Å²) in [5.74, 6) is 0.893. The molecule has 0 aliphatic carbocycles. The van der Waals surface area contributed by atoms with E-state index in [2.05, 4.69) is 26.2 Å². The number of urea groups is 1. The van der Waals surface area contributed by atoms with Crippen molar-refractivity contribution in [2.45, 2.75) is 25.6 Å². The van der Waals surface area contributed by atoms with Crippen LogP contribution in [0.15, 0.2) is 42.7 Å². The molecule has 4 rings (SSSR count). The van der Waals surface area contributed by atoms with E-state index in [1.807, 2.05) is 30.5 Å². The summed E-state index contributed by atoms with van der Waals surface area (Å²) in [6.07, 6.45) is 3.66. The van der Waals surface area contributed by atoms with Gasteiger partial charge in [0.05, 0.1) is 18.9 Å². The van der Waals surface area contributed by atoms with Gasteiger partial charge >= 0.3 is 6.03 Å². The predicted molar refractivity (Wildman–Crippen MR) is 119 cm³/mol. The minimum Gasteiger partial charge on any atom is -0.495 e. The average Bonchev–Trinajstić information content (AvgIpc) is 3.24. The minimum absolute atomic E-state index is 0.0891. The first-order valence-corrected chi connectivity index (χ1v) is 10.9. The van der Waals surface area contributed by atoms with E-state index in [1.54, 1.807) is 18.2 Å². The molecule has 2 aromatic rings. The van der Waals surface area contributed by atoms with E-state index in [4.69, 9.17) is 4.74 Å². The van der Waals surface area contributed by atoms with Gasteiger partial charge < -0.3 is 25.0 Å². The van der Waals surface area contributed by atoms with Gasteiger partial charge in [-0.15, -0.1) is 0 Å². The summed E-state index contributed by atoms with van der Waals surface area (Å²) in [5.41, 5.74) is 3.37. The molecular formula is C23H31N5O3. The van der Waals surface area contributed by atoms with Gasteiger partial charge in [0.1, 0.15) is 5.75 Å². The molecule has 2 amide bonds. The lowest BCUT2D eigenvalue weighted by Gasteiger charge is -2.37. The fraction of sp³-hybridized carbons (Fsp3) is 0.478. The van der Waals surface area contributed by atoms with Crippen LogP contribution in [0.5, 0.6) is 5.75 Å². The van der Waals surface area contributed by atoms with Gasteiger partial charge in [0.15, 0.2) is 0 Å². The monoisotopic (exact) mass is 425 g/mol. The summed E-state index contributed by atoms with van der Waals surface area (Å²) in [7, 11) is 1.70. The third-order valence-electron chi connectivity index (χ3n) is 6.04. The average molecular weight is 426 g/mol. The number of pyridine rings is 1. The number of benzene rings is 1. The normalized spacial score (nSPS) is 17.4. The van der Waals surface area contributed by atoms with Gasteiger partial charge in [0.2, 0.25) is 0 Å². The number of nitrogens with zero attached hydrogens (tertiary/aromatic N) is 4. The highest BCUT2D eigenvalue weighted by molar-refractivity contribution is 5.75. The van der Waals surface area contributed by atoms with Crippen molar-refractivity contribution in [1.82, 2.24) is 20.1 Å². The second kappa shape index (κ2) is 9.98. The first-order valence-electron chi connectivity index (χ1n) is 10.9. The van der Waals surface area contributed by atoms with Crippen LogP contribution in [0.1, 0.15) is 17.5 Å². The lowest BCUT2D eigenvalue weighted by Crippen LogP contribution is -2.49. The summed E-state index contributed by atoms with van der Waals surface area (Å²) < 4.78 is 5.47. The van der Waals surface area contributed by atoms with Crippen molar-refractivity contribution in [3.05, 3.63) is 53.9 Å². The third-order valence-corrected chi connectivity index (χ3v) is 6.04. The number of aliphatic hydroxyl groups excluding tert-OH is 1. The van der Waals surface area contributed by atoms with Crippen LogP contribution in [0.25, 0.3) is 0 Å². The number of carbonyl (C=O) groups is 1. The minimum atomic E-state index is -0.460. The van der Waals surface area contributed by atoms with Crippen molar-refractivity contribution in [3.8, 4) is 5.75 Å². The number of methoxy groups -OCH3 is 1. The molecule has 2 aliphatic heterocycles. The Hall–Kier alpha value is -2.84. The Bertz CT molecular complexity index is 860. The molecule has 0 saturated carbocycles. The Kier molecular flexibility index (Phi) is 6.89. The highest BCUT2D eigenvalue weighted by atomic mass is 16.5. The van der Waals surface area contributed by atoms with Gasteiger partial charge in [0.25, 0.3) is 0 Å². The standard InChI is InChI=1S/C23H31N5O3/c1-31-22-5-3-2-4-21(22)27-12-10-26(11-13-27)17-20(29)7-9-25-23(30)28-15-18-6-8-24-14-19(18)16-28/h2-6,8,14,20,29H,7,9-13,15-17H2,1H3,(H,25,30)/t20-/m1/s1. The van der Waals surface area contributed by atoms with Crippen molar-refractivity contribution >= 4 is 11.7 Å². The number of para-hydroxylation sites is 2. The maximum atomic E-state index is 12.4. The first-order chi connectivity index (χ1) is 15.1. The second-order valence-corrected chi connectivity index (χ2v) is 8.13. The van der Waals surface area contributed by atoms with Crippen LogP contribution >= 0.6 is 0 Å². The topological polar surface area (TPSA) is 81.2 Å². The smallest absolute Gasteiger partial charge is 0.318 e. The van der Waals surface area contributed by atoms with E-state index in [0.29, 0.717) is 32.6 Å². The summed E-state index contributed by atoms with van der Waals surface area (Å²) in [6, 6.07) is 9.95. The van der Waals surface area contributed by atoms with Gasteiger partial charge in [-0.05, 0) is 35.7 Å². The number of piperazine rings is 1. The molecule has 1 aromatic carbocycles. The molecule has 31 heavy (non-hydrogen) atoms. The highest BCUT2D eigenvalue weighted by Gasteiger charge is 2.24. The lowest BCUT2D eigenvalue weighted by atomic mass is 10.2. The molecule has 3 heterocycles. The van der Waals surface area contributed by atoms with Gasteiger partial charge in [-0.2, -0.15) is 0 Å². The van der Waals surface area contributed by atoms with Gasteiger partial charge in [0, 0.05) is 64.8 Å². The number of rotatable bonds is 7. The number of carbonyl (C=O) groups excluding carboxylic acids is 1. The van der Waals surface area contributed by atoms with Gasteiger partial charge in [-0.25, -0.2) is 4.79 Å². The number of anilines is 1. The van der Waals surface area contributed by atoms with E-state index < -0.39 is 6.10 Å². The Balaban J connectivity index is 1.15. The van der Waals surface area contributed by atoms with Crippen LogP contribution in [0, 0.1) is 0 Å². The predicted octanol–water partition coefficient (Wildman–Crippen LogP) is 1.69. The summed E-state index contributed by atoms with van der Waals surface area (Å²) >= 11 is 0. The fourth-order valence-corrected chi connectivity index (χ4v) is 4.27. The van der Waals surface area contributed by atoms with Crippen LogP contribution in [0.2, 0.25) is 0 Å². The highest BCUT2D eigenvalue weighted by Crippen LogP contribution is 2.28. The second-order valence-electron chi connectivity index (χ2n) is 8.13. The molecule has 2 N–H and O–H groups in total. The Morgan fingerprint density at radius 2 is 1.94 bits per heavy atom. The molecule has 1 saturated heterocycles. The fourth-order valence-electron chi connectivity index (χ4n) is 4.27. The number of hydrogen-bond donors (Lipinski definition) is 2. The maximum absolute atomic E-state index is 12.4. The van der Waals surface area contributed by atoms with Crippen molar-refractivity contribution in [2.24, 2.45) is 0 Å². The molecule has 166 valence electrons. The molecule has 2 aliphatic rings. The van der Waals surface area contributed by atoms with Crippen molar-refractivity contribution in [1.29, 1.82) is 0 Å². The zero-order valence-corrected chi connectivity index (χ0v) is 18.0. The zero-order valence-electron chi connectivity index (χ0n) is 18.0. The Morgan fingerprint density at radius 1 is 1.16 bits per heavy atom. The van der Waals surface area contributed by atoms with Crippen LogP contribution in [-0.2, 0) is 13.1 Å². The number of amides is 2. The summed E-state index contributed by atoms with van der Waals surface area (Å²) in [6.45, 7) is 5.87. The van der Waals surface area contributed by atoms with Gasteiger partial charge in [-0.3, -0.25) is 9.88 Å². The number of aromatic nitrogens is 1. The van der Waals surface area contributed by atoms with Gasteiger partial charge in [-0.1, -0.05) is 12.1 Å². The third kappa shape index (κ3) is 5.26. The molecule has 8 heteroatoms. The molecular weight excluding hydrogens is 394 g/mol. The summed E-state index contributed by atoms with van der Waals surface area (Å²) in [5, 5.41) is 13.4. The van der Waals surface area contributed by atoms with Crippen LogP contribution in [0.3, 0.4) is 0 Å². The molecule has 1 aromatic heterocycles. The van der Waals surface area contributed by atoms with Crippen LogP contribution in [0.4, 0.5) is 10.5 Å². The molecule has 8 nitrogen and oxygen atoms in total. The number of hydrogen-bond acceptors (Lipinski definition) is 6. The molecule has 1 atom stereocenters. The van der Waals surface area contributed by atoms with E-state index in [0.717, 1.165) is 48.7 Å². The van der Waals surface area contributed by atoms with E-state index >= 15 is 0 Å². The first kappa shape index (κ1) is 21.4. The molecule has 0 spiro atoms. The Morgan fingerprint density at radius 3 is 2.71 bits per heavy atom. The van der Waals surface area contributed by atoms with E-state index in [-0.39, 0.29) is 6.03 Å². The SMILES string of the molecule is COc1ccccc1N1CCN(C[C@H](O)CCNC(=O)N2Cc3ccncc3C2)CC1. The number of aliphatic hydroxyl groups is 1. The largest absolute Gasteiger partial charge is 0.495 e. The number of β-amino-alcohol motifs (C(OH)–C–C–N with tert-alkyl or cyclic N) is 1. The zero-order chi connectivity index (χ0) is 21.6. The molecule has 1 fully saturated rings. The van der Waals surface area contributed by atoms with Crippen molar-refractivity contribution in [3.63, 3.8) is 0 Å².